The van der Waals surface area contributed by atoms with E-state index in [0.717, 1.165) is 44.9 Å². The van der Waals surface area contributed by atoms with E-state index in [0.29, 0.717) is 17.4 Å². The second kappa shape index (κ2) is 52.6. The number of nitrogens with zero attached hydrogens (tertiary/aromatic N) is 1. The maximum absolute atomic E-state index is 12.9. The van der Waals surface area contributed by atoms with Gasteiger partial charge in [0.2, 0.25) is 5.91 Å². The maximum Gasteiger partial charge on any atom is 0.472 e. The highest BCUT2D eigenvalue weighted by Crippen LogP contribution is 2.43. The quantitative estimate of drug-likeness (QED) is 0.0243. The van der Waals surface area contributed by atoms with Crippen LogP contribution in [0.15, 0.2) is 36.5 Å². The number of carbonyl (C=O) groups excluding carboxylic acids is 1. The van der Waals surface area contributed by atoms with Gasteiger partial charge in [-0.25, -0.2) is 4.57 Å². The molecule has 3 atom stereocenters. The van der Waals surface area contributed by atoms with Crippen molar-refractivity contribution in [3.63, 3.8) is 0 Å². The zero-order chi connectivity index (χ0) is 51.3. The number of aliphatic hydroxyl groups excluding tert-OH is 1. The summed E-state index contributed by atoms with van der Waals surface area (Å²) in [4.78, 5) is 23.1. The normalized spacial score (nSPS) is 14.1. The van der Waals surface area contributed by atoms with Crippen LogP contribution in [0.4, 0.5) is 0 Å². The fourth-order valence-corrected chi connectivity index (χ4v) is 9.80. The molecule has 0 rings (SSSR count). The summed E-state index contributed by atoms with van der Waals surface area (Å²) in [6.07, 6.45) is 69.1. The van der Waals surface area contributed by atoms with Crippen LogP contribution < -0.4 is 5.32 Å². The summed E-state index contributed by atoms with van der Waals surface area (Å²) in [5.74, 6) is -0.187. The summed E-state index contributed by atoms with van der Waals surface area (Å²) in [6.45, 7) is 4.70. The van der Waals surface area contributed by atoms with Gasteiger partial charge < -0.3 is 19.8 Å². The predicted octanol–water partition coefficient (Wildman–Crippen LogP) is 18.5. The molecule has 0 radical (unpaired) electrons. The number of unbranched alkanes of at least 4 members (excludes halogenated alkanes) is 39. The van der Waals surface area contributed by atoms with Crippen LogP contribution >= 0.6 is 7.82 Å². The molecule has 8 nitrogen and oxygen atoms in total. The topological polar surface area (TPSA) is 105 Å². The molecule has 0 spiro atoms. The number of nitrogens with one attached hydrogen (secondary N) is 1. The van der Waals surface area contributed by atoms with Crippen molar-refractivity contribution in [3.05, 3.63) is 36.5 Å². The number of rotatable bonds is 56. The Labute approximate surface area is 436 Å². The van der Waals surface area contributed by atoms with Crippen LogP contribution in [0, 0.1) is 0 Å². The SMILES string of the molecule is CCC/C=C/CC/C=C/C(O)C(COP(=O)(O)OCC[N+](C)(C)C)NC(=O)CCCCCCCCCCCCCCCCCCCCCCCCCCCCCCC/C=C\CCCCCCCCCC. The molecule has 0 fully saturated rings. The Hall–Kier alpha value is -1.28. The van der Waals surface area contributed by atoms with E-state index in [1.807, 2.05) is 27.2 Å². The van der Waals surface area contributed by atoms with E-state index in [4.69, 9.17) is 9.05 Å². The van der Waals surface area contributed by atoms with Gasteiger partial charge in [0.15, 0.2) is 0 Å². The van der Waals surface area contributed by atoms with Gasteiger partial charge in [-0.3, -0.25) is 13.8 Å². The Balaban J connectivity index is 3.68. The van der Waals surface area contributed by atoms with E-state index in [1.54, 1.807) is 6.08 Å². The van der Waals surface area contributed by atoms with Crippen LogP contribution in [0.2, 0.25) is 0 Å². The molecular formula is C61H120N2O6P+. The zero-order valence-electron chi connectivity index (χ0n) is 47.3. The van der Waals surface area contributed by atoms with Gasteiger partial charge in [-0.2, -0.15) is 0 Å². The van der Waals surface area contributed by atoms with E-state index in [1.165, 1.54) is 231 Å². The number of quaternary nitrogens is 1. The third-order valence-corrected chi connectivity index (χ3v) is 14.8. The highest BCUT2D eigenvalue weighted by atomic mass is 31.2. The number of phosphoric ester groups is 1. The fourth-order valence-electron chi connectivity index (χ4n) is 9.06. The molecule has 0 bridgehead atoms. The lowest BCUT2D eigenvalue weighted by Crippen LogP contribution is -2.45. The lowest BCUT2D eigenvalue weighted by Gasteiger charge is -2.25. The second-order valence-electron chi connectivity index (χ2n) is 22.1. The third kappa shape index (κ3) is 54.5. The number of carbonyl (C=O) groups is 1. The first-order valence-corrected chi connectivity index (χ1v) is 31.9. The van der Waals surface area contributed by atoms with Crippen molar-refractivity contribution in [1.29, 1.82) is 0 Å². The van der Waals surface area contributed by atoms with Crippen LogP contribution in [0.25, 0.3) is 0 Å². The van der Waals surface area contributed by atoms with E-state index in [2.05, 4.69) is 43.5 Å². The van der Waals surface area contributed by atoms with Crippen LogP contribution in [-0.4, -0.2) is 73.4 Å². The minimum absolute atomic E-state index is 0.0570. The molecule has 0 aliphatic rings. The second-order valence-corrected chi connectivity index (χ2v) is 23.5. The van der Waals surface area contributed by atoms with Crippen LogP contribution in [-0.2, 0) is 18.4 Å². The lowest BCUT2D eigenvalue weighted by atomic mass is 10.0. The largest absolute Gasteiger partial charge is 0.472 e. The number of aliphatic hydroxyl groups is 1. The minimum Gasteiger partial charge on any atom is -0.387 e. The van der Waals surface area contributed by atoms with Crippen LogP contribution in [0.5, 0.6) is 0 Å². The van der Waals surface area contributed by atoms with Gasteiger partial charge in [0.05, 0.1) is 39.9 Å². The number of hydrogen-bond donors (Lipinski definition) is 3. The highest BCUT2D eigenvalue weighted by Gasteiger charge is 2.27. The first-order valence-electron chi connectivity index (χ1n) is 30.4. The summed E-state index contributed by atoms with van der Waals surface area (Å²) in [6, 6.07) is -0.858. The summed E-state index contributed by atoms with van der Waals surface area (Å²) in [5.41, 5.74) is 0. The molecule has 0 aromatic heterocycles. The standard InChI is InChI=1S/C61H119N2O6P/c1-6-8-10-12-14-15-16-17-18-19-20-21-22-23-24-25-26-27-28-29-30-31-32-33-34-35-36-37-38-39-40-41-42-43-44-45-46-47-49-51-53-55-61(65)62-59(60(64)54-52-50-48-13-11-9-7-2)58-69-70(66,67)68-57-56-63(3,4)5/h11,13,19-20,52,54,59-60,64H,6-10,12,14-18,21-51,53,55-58H2,1-5H3,(H-,62,65,66,67)/p+1/b13-11+,20-19-,54-52+. The monoisotopic (exact) mass is 1010 g/mol. The Kier molecular flexibility index (Phi) is 51.6. The lowest BCUT2D eigenvalue weighted by molar-refractivity contribution is -0.870. The molecule has 0 aliphatic heterocycles. The van der Waals surface area contributed by atoms with Crippen molar-refractivity contribution >= 4 is 13.7 Å². The van der Waals surface area contributed by atoms with E-state index in [-0.39, 0.29) is 19.1 Å². The molecule has 3 N–H and O–H groups in total. The summed E-state index contributed by atoms with van der Waals surface area (Å²) in [5, 5.41) is 13.7. The van der Waals surface area contributed by atoms with Crippen molar-refractivity contribution in [3.8, 4) is 0 Å². The molecule has 1 amide bonds. The highest BCUT2D eigenvalue weighted by molar-refractivity contribution is 7.47. The van der Waals surface area contributed by atoms with Gasteiger partial charge in [-0.15, -0.1) is 0 Å². The molecule has 0 aromatic rings. The van der Waals surface area contributed by atoms with E-state index < -0.39 is 20.0 Å². The minimum atomic E-state index is -4.34. The summed E-state index contributed by atoms with van der Waals surface area (Å²) < 4.78 is 23.5. The van der Waals surface area contributed by atoms with Crippen molar-refractivity contribution in [2.24, 2.45) is 0 Å². The first kappa shape index (κ1) is 68.7. The molecule has 3 unspecified atom stereocenters. The molecular weight excluding hydrogens is 888 g/mol. The molecule has 0 saturated heterocycles. The van der Waals surface area contributed by atoms with E-state index >= 15 is 0 Å². The van der Waals surface area contributed by atoms with Gasteiger partial charge in [-0.1, -0.05) is 275 Å². The molecule has 0 saturated carbocycles. The molecule has 0 aliphatic carbocycles. The molecule has 9 heteroatoms. The Bertz CT molecular complexity index is 1230. The number of phosphoric acid groups is 1. The van der Waals surface area contributed by atoms with Crippen molar-refractivity contribution < 1.29 is 32.9 Å². The fraction of sp³-hybridized carbons (Fsp3) is 0.885. The van der Waals surface area contributed by atoms with Gasteiger partial charge in [0.25, 0.3) is 0 Å². The number of hydrogen-bond acceptors (Lipinski definition) is 5. The molecule has 0 aromatic carbocycles. The molecule has 0 heterocycles. The smallest absolute Gasteiger partial charge is 0.387 e. The predicted molar refractivity (Wildman–Crippen MR) is 304 cm³/mol. The number of likely N-dealkylation sites (N-methyl/N-ethyl adjacent to an activating group) is 1. The average molecular weight is 1010 g/mol. The van der Waals surface area contributed by atoms with Crippen molar-refractivity contribution in [1.82, 2.24) is 5.32 Å². The van der Waals surface area contributed by atoms with Gasteiger partial charge in [0, 0.05) is 6.42 Å². The molecule has 70 heavy (non-hydrogen) atoms. The zero-order valence-corrected chi connectivity index (χ0v) is 48.2. The number of amides is 1. The Morgan fingerprint density at radius 3 is 1.20 bits per heavy atom. The Morgan fingerprint density at radius 1 is 0.471 bits per heavy atom. The van der Waals surface area contributed by atoms with Crippen molar-refractivity contribution in [2.75, 3.05) is 40.9 Å². The van der Waals surface area contributed by atoms with Crippen LogP contribution in [0.1, 0.15) is 296 Å². The molecule has 414 valence electrons. The van der Waals surface area contributed by atoms with Gasteiger partial charge in [-0.05, 0) is 51.4 Å². The maximum atomic E-state index is 12.9. The summed E-state index contributed by atoms with van der Waals surface area (Å²) >= 11 is 0. The van der Waals surface area contributed by atoms with Gasteiger partial charge >= 0.3 is 7.82 Å². The average Bonchev–Trinajstić information content (AvgIpc) is 3.32. The third-order valence-electron chi connectivity index (χ3n) is 13.8. The van der Waals surface area contributed by atoms with Crippen LogP contribution in [0.3, 0.4) is 0 Å². The first-order chi connectivity index (χ1) is 34.0. The van der Waals surface area contributed by atoms with E-state index in [9.17, 15) is 19.4 Å². The number of allylic oxidation sites excluding steroid dienone is 5. The summed E-state index contributed by atoms with van der Waals surface area (Å²) in [7, 11) is 1.56. The van der Waals surface area contributed by atoms with Gasteiger partial charge in [0.1, 0.15) is 13.2 Å². The Morgan fingerprint density at radius 2 is 0.814 bits per heavy atom. The van der Waals surface area contributed by atoms with Crippen molar-refractivity contribution in [2.45, 2.75) is 309 Å².